The van der Waals surface area contributed by atoms with Crippen LogP contribution in [0.1, 0.15) is 16.8 Å². The van der Waals surface area contributed by atoms with Crippen LogP contribution in [0.3, 0.4) is 0 Å². The zero-order chi connectivity index (χ0) is 18.8. The normalized spacial score (nSPS) is 11.3. The summed E-state index contributed by atoms with van der Waals surface area (Å²) in [5, 5.41) is 14.1. The number of aryl methyl sites for hydroxylation is 1. The SMILES string of the molecule is CN=C(NCCCn1cccn1)NCCNC(=O)c1ccc(Cl)c(Cl)c1. The highest BCUT2D eigenvalue weighted by Crippen LogP contribution is 2.22. The predicted octanol–water partition coefficient (Wildman–Crippen LogP) is 2.17. The van der Waals surface area contributed by atoms with E-state index in [0.29, 0.717) is 34.7 Å². The minimum Gasteiger partial charge on any atom is -0.356 e. The number of halogens is 2. The molecule has 0 radical (unpaired) electrons. The van der Waals surface area contributed by atoms with Crippen LogP contribution in [0.2, 0.25) is 10.0 Å². The Morgan fingerprint density at radius 2 is 1.92 bits per heavy atom. The number of aliphatic imine (C=N–C) groups is 1. The maximum Gasteiger partial charge on any atom is 0.251 e. The lowest BCUT2D eigenvalue weighted by Gasteiger charge is -2.12. The minimum absolute atomic E-state index is 0.201. The Labute approximate surface area is 162 Å². The van der Waals surface area contributed by atoms with Gasteiger partial charge in [0.2, 0.25) is 0 Å². The molecule has 0 saturated heterocycles. The Morgan fingerprint density at radius 3 is 2.62 bits per heavy atom. The van der Waals surface area contributed by atoms with E-state index in [0.717, 1.165) is 19.5 Å². The molecule has 0 atom stereocenters. The molecule has 0 unspecified atom stereocenters. The van der Waals surface area contributed by atoms with Crippen LogP contribution in [0.5, 0.6) is 0 Å². The number of rotatable bonds is 8. The van der Waals surface area contributed by atoms with Crippen molar-refractivity contribution < 1.29 is 4.79 Å². The number of carbonyl (C=O) groups excluding carboxylic acids is 1. The molecule has 0 fully saturated rings. The summed E-state index contributed by atoms with van der Waals surface area (Å²) in [7, 11) is 1.71. The maximum absolute atomic E-state index is 12.1. The summed E-state index contributed by atoms with van der Waals surface area (Å²) in [5.74, 6) is 0.488. The highest BCUT2D eigenvalue weighted by atomic mass is 35.5. The number of benzene rings is 1. The number of aromatic nitrogens is 2. The van der Waals surface area contributed by atoms with Gasteiger partial charge in [-0.3, -0.25) is 14.5 Å². The molecule has 0 aliphatic carbocycles. The predicted molar refractivity (Wildman–Crippen MR) is 105 cm³/mol. The van der Waals surface area contributed by atoms with Crippen LogP contribution in [-0.2, 0) is 6.54 Å². The number of hydrogen-bond donors (Lipinski definition) is 3. The summed E-state index contributed by atoms with van der Waals surface area (Å²) in [6, 6.07) is 6.69. The van der Waals surface area contributed by atoms with Gasteiger partial charge in [-0.2, -0.15) is 5.10 Å². The second kappa shape index (κ2) is 10.7. The molecule has 3 N–H and O–H groups in total. The molecular formula is C17H22Cl2N6O. The molecule has 1 amide bonds. The van der Waals surface area contributed by atoms with E-state index in [1.807, 2.05) is 16.9 Å². The van der Waals surface area contributed by atoms with Crippen molar-refractivity contribution in [3.8, 4) is 0 Å². The summed E-state index contributed by atoms with van der Waals surface area (Å²) in [6.07, 6.45) is 4.63. The third kappa shape index (κ3) is 6.57. The molecule has 0 saturated carbocycles. The van der Waals surface area contributed by atoms with Gasteiger partial charge in [-0.05, 0) is 30.7 Å². The number of carbonyl (C=O) groups is 1. The highest BCUT2D eigenvalue weighted by Gasteiger charge is 2.07. The first-order valence-electron chi connectivity index (χ1n) is 8.25. The first-order chi connectivity index (χ1) is 12.6. The van der Waals surface area contributed by atoms with E-state index < -0.39 is 0 Å². The van der Waals surface area contributed by atoms with Gasteiger partial charge in [-0.1, -0.05) is 23.2 Å². The fourth-order valence-electron chi connectivity index (χ4n) is 2.20. The summed E-state index contributed by atoms with van der Waals surface area (Å²) in [4.78, 5) is 16.2. The number of guanidine groups is 1. The number of nitrogens with zero attached hydrogens (tertiary/aromatic N) is 3. The first-order valence-corrected chi connectivity index (χ1v) is 9.01. The lowest BCUT2D eigenvalue weighted by Crippen LogP contribution is -2.42. The van der Waals surface area contributed by atoms with Gasteiger partial charge in [-0.25, -0.2) is 0 Å². The summed E-state index contributed by atoms with van der Waals surface area (Å²) in [5.41, 5.74) is 0.473. The fraction of sp³-hybridized carbons (Fsp3) is 0.353. The van der Waals surface area contributed by atoms with Crippen LogP contribution < -0.4 is 16.0 Å². The topological polar surface area (TPSA) is 83.3 Å². The molecule has 9 heteroatoms. The smallest absolute Gasteiger partial charge is 0.251 e. The van der Waals surface area contributed by atoms with Crippen molar-refractivity contribution in [1.29, 1.82) is 0 Å². The Morgan fingerprint density at radius 1 is 1.15 bits per heavy atom. The second-order valence-corrected chi connectivity index (χ2v) is 6.25. The van der Waals surface area contributed by atoms with Gasteiger partial charge >= 0.3 is 0 Å². The fourth-order valence-corrected chi connectivity index (χ4v) is 2.50. The highest BCUT2D eigenvalue weighted by molar-refractivity contribution is 6.42. The molecule has 0 aliphatic heterocycles. The van der Waals surface area contributed by atoms with Crippen molar-refractivity contribution in [1.82, 2.24) is 25.7 Å². The summed E-state index contributed by atoms with van der Waals surface area (Å²) >= 11 is 11.8. The molecule has 26 heavy (non-hydrogen) atoms. The first kappa shape index (κ1) is 20.1. The number of hydrogen-bond acceptors (Lipinski definition) is 3. The van der Waals surface area contributed by atoms with E-state index in [2.05, 4.69) is 26.0 Å². The zero-order valence-corrected chi connectivity index (χ0v) is 16.0. The quantitative estimate of drug-likeness (QED) is 0.362. The lowest BCUT2D eigenvalue weighted by molar-refractivity contribution is 0.0954. The van der Waals surface area contributed by atoms with Crippen LogP contribution in [0.15, 0.2) is 41.7 Å². The minimum atomic E-state index is -0.201. The molecule has 1 heterocycles. The Kier molecular flexibility index (Phi) is 8.24. The van der Waals surface area contributed by atoms with Crippen molar-refractivity contribution in [2.45, 2.75) is 13.0 Å². The Hall–Kier alpha value is -2.25. The molecule has 1 aromatic heterocycles. The lowest BCUT2D eigenvalue weighted by atomic mass is 10.2. The van der Waals surface area contributed by atoms with Gasteiger partial charge in [0.05, 0.1) is 10.0 Å². The third-order valence-corrected chi connectivity index (χ3v) is 4.26. The van der Waals surface area contributed by atoms with Gasteiger partial charge in [-0.15, -0.1) is 0 Å². The van der Waals surface area contributed by atoms with Crippen molar-refractivity contribution in [3.05, 3.63) is 52.3 Å². The van der Waals surface area contributed by atoms with Crippen LogP contribution in [0, 0.1) is 0 Å². The van der Waals surface area contributed by atoms with Crippen LogP contribution in [0.4, 0.5) is 0 Å². The van der Waals surface area contributed by atoms with Gasteiger partial charge in [0, 0.05) is 51.2 Å². The van der Waals surface area contributed by atoms with E-state index in [-0.39, 0.29) is 5.91 Å². The van der Waals surface area contributed by atoms with Crippen molar-refractivity contribution in [2.24, 2.45) is 4.99 Å². The Balaban J connectivity index is 1.62. The molecule has 0 bridgehead atoms. The monoisotopic (exact) mass is 396 g/mol. The molecule has 1 aromatic carbocycles. The molecule has 2 aromatic rings. The van der Waals surface area contributed by atoms with Crippen molar-refractivity contribution in [3.63, 3.8) is 0 Å². The van der Waals surface area contributed by atoms with E-state index in [1.54, 1.807) is 31.4 Å². The average Bonchev–Trinajstić information content (AvgIpc) is 3.16. The molecular weight excluding hydrogens is 375 g/mol. The summed E-state index contributed by atoms with van der Waals surface area (Å²) < 4.78 is 1.89. The second-order valence-electron chi connectivity index (χ2n) is 5.43. The largest absolute Gasteiger partial charge is 0.356 e. The number of nitrogens with one attached hydrogen (secondary N) is 3. The van der Waals surface area contributed by atoms with Gasteiger partial charge < -0.3 is 16.0 Å². The van der Waals surface area contributed by atoms with E-state index >= 15 is 0 Å². The van der Waals surface area contributed by atoms with Gasteiger partial charge in [0.1, 0.15) is 0 Å². The Bertz CT molecular complexity index is 733. The van der Waals surface area contributed by atoms with Crippen molar-refractivity contribution in [2.75, 3.05) is 26.7 Å². The summed E-state index contributed by atoms with van der Waals surface area (Å²) in [6.45, 7) is 2.62. The standard InChI is InChI=1S/C17H22Cl2N6O/c1-20-17(22-6-2-10-25-11-3-7-24-25)23-9-8-21-16(26)13-4-5-14(18)15(19)12-13/h3-5,7,11-12H,2,6,8-10H2,1H3,(H,21,26)(H2,20,22,23). The van der Waals surface area contributed by atoms with Crippen molar-refractivity contribution >= 4 is 35.1 Å². The molecule has 0 spiro atoms. The maximum atomic E-state index is 12.1. The molecule has 140 valence electrons. The average molecular weight is 397 g/mol. The van der Waals surface area contributed by atoms with Crippen LogP contribution >= 0.6 is 23.2 Å². The van der Waals surface area contributed by atoms with Crippen LogP contribution in [-0.4, -0.2) is 48.3 Å². The molecule has 2 rings (SSSR count). The van der Waals surface area contributed by atoms with E-state index in [1.165, 1.54) is 0 Å². The van der Waals surface area contributed by atoms with Crippen LogP contribution in [0.25, 0.3) is 0 Å². The van der Waals surface area contributed by atoms with Gasteiger partial charge in [0.25, 0.3) is 5.91 Å². The van der Waals surface area contributed by atoms with E-state index in [4.69, 9.17) is 23.2 Å². The molecule has 7 nitrogen and oxygen atoms in total. The molecule has 0 aliphatic rings. The number of amides is 1. The third-order valence-electron chi connectivity index (χ3n) is 3.52. The van der Waals surface area contributed by atoms with E-state index in [9.17, 15) is 4.79 Å². The zero-order valence-electron chi connectivity index (χ0n) is 14.5. The van der Waals surface area contributed by atoms with Gasteiger partial charge in [0.15, 0.2) is 5.96 Å².